The van der Waals surface area contributed by atoms with Crippen LogP contribution in [0.25, 0.3) is 11.4 Å². The lowest BCUT2D eigenvalue weighted by Gasteiger charge is -2.19. The molecular formula is C20H19FN4O3. The number of rotatable bonds is 7. The van der Waals surface area contributed by atoms with Crippen LogP contribution in [0.3, 0.4) is 0 Å². The molecule has 3 aromatic rings. The highest BCUT2D eigenvalue weighted by Crippen LogP contribution is 2.19. The SMILES string of the molecule is COCC(=O)N[C@H](Cc1cc(=O)[nH]c(-c2ccncc2)n1)c1ccc(F)cc1. The maximum Gasteiger partial charge on any atom is 0.251 e. The highest BCUT2D eigenvalue weighted by atomic mass is 19.1. The van der Waals surface area contributed by atoms with Crippen molar-refractivity contribution in [3.05, 3.63) is 82.3 Å². The summed E-state index contributed by atoms with van der Waals surface area (Å²) < 4.78 is 18.1. The molecule has 0 radical (unpaired) electrons. The summed E-state index contributed by atoms with van der Waals surface area (Å²) in [5, 5.41) is 2.83. The van der Waals surface area contributed by atoms with Gasteiger partial charge in [0.2, 0.25) is 5.91 Å². The van der Waals surface area contributed by atoms with Crippen LogP contribution in [0.4, 0.5) is 4.39 Å². The summed E-state index contributed by atoms with van der Waals surface area (Å²) in [6.45, 7) is -0.108. The molecule has 2 heterocycles. The number of aromatic nitrogens is 3. The van der Waals surface area contributed by atoms with Crippen LogP contribution < -0.4 is 10.9 Å². The van der Waals surface area contributed by atoms with Crippen molar-refractivity contribution >= 4 is 5.91 Å². The van der Waals surface area contributed by atoms with Crippen molar-refractivity contribution in [2.24, 2.45) is 0 Å². The van der Waals surface area contributed by atoms with Gasteiger partial charge >= 0.3 is 0 Å². The molecule has 0 bridgehead atoms. The van der Waals surface area contributed by atoms with Gasteiger partial charge in [-0.1, -0.05) is 12.1 Å². The van der Waals surface area contributed by atoms with E-state index in [1.807, 2.05) is 0 Å². The summed E-state index contributed by atoms with van der Waals surface area (Å²) in [5.41, 5.74) is 1.59. The second-order valence-corrected chi connectivity index (χ2v) is 6.13. The molecule has 2 aromatic heterocycles. The average molecular weight is 382 g/mol. The van der Waals surface area contributed by atoms with Gasteiger partial charge < -0.3 is 15.0 Å². The van der Waals surface area contributed by atoms with Gasteiger partial charge in [0.1, 0.15) is 18.2 Å². The minimum atomic E-state index is -0.497. The van der Waals surface area contributed by atoms with E-state index in [0.717, 1.165) is 5.56 Å². The predicted molar refractivity (Wildman–Crippen MR) is 101 cm³/mol. The Kier molecular flexibility index (Phi) is 6.23. The lowest BCUT2D eigenvalue weighted by molar-refractivity contribution is -0.125. The van der Waals surface area contributed by atoms with Crippen LogP contribution in [0.1, 0.15) is 17.3 Å². The van der Waals surface area contributed by atoms with Crippen LogP contribution >= 0.6 is 0 Å². The number of benzene rings is 1. The van der Waals surface area contributed by atoms with E-state index >= 15 is 0 Å². The van der Waals surface area contributed by atoms with Crippen LogP contribution in [0.15, 0.2) is 59.7 Å². The number of H-pyrrole nitrogens is 1. The number of methoxy groups -OCH3 is 1. The zero-order chi connectivity index (χ0) is 19.9. The standard InChI is InChI=1S/C20H19FN4O3/c1-28-12-19(27)24-17(13-2-4-15(21)5-3-13)10-16-11-18(26)25-20(23-16)14-6-8-22-9-7-14/h2-9,11,17H,10,12H2,1H3,(H,24,27)(H,23,25,26)/t17-/m1/s1. The van der Waals surface area contributed by atoms with Crippen molar-refractivity contribution in [1.29, 1.82) is 0 Å². The Hall–Kier alpha value is -3.39. The van der Waals surface area contributed by atoms with E-state index in [4.69, 9.17) is 4.74 Å². The van der Waals surface area contributed by atoms with Crippen molar-refractivity contribution in [3.63, 3.8) is 0 Å². The summed E-state index contributed by atoms with van der Waals surface area (Å²) in [4.78, 5) is 35.3. The number of aromatic amines is 1. The molecule has 8 heteroatoms. The van der Waals surface area contributed by atoms with Gasteiger partial charge in [-0.25, -0.2) is 9.37 Å². The smallest absolute Gasteiger partial charge is 0.251 e. The third-order valence-corrected chi connectivity index (χ3v) is 4.04. The van der Waals surface area contributed by atoms with Crippen LogP contribution in [-0.2, 0) is 16.0 Å². The van der Waals surface area contributed by atoms with Gasteiger partial charge in [0.25, 0.3) is 5.56 Å². The molecule has 0 aliphatic heterocycles. The van der Waals surface area contributed by atoms with Crippen molar-refractivity contribution in [1.82, 2.24) is 20.3 Å². The molecule has 0 unspecified atom stereocenters. The number of carbonyl (C=O) groups is 1. The van der Waals surface area contributed by atoms with E-state index < -0.39 is 6.04 Å². The second kappa shape index (κ2) is 9.01. The van der Waals surface area contributed by atoms with Crippen molar-refractivity contribution < 1.29 is 13.9 Å². The number of halogens is 1. The molecule has 1 aromatic carbocycles. The Morgan fingerprint density at radius 1 is 1.21 bits per heavy atom. The molecule has 7 nitrogen and oxygen atoms in total. The molecule has 0 aliphatic rings. The first kappa shape index (κ1) is 19.4. The molecule has 0 aliphatic carbocycles. The highest BCUT2D eigenvalue weighted by molar-refractivity contribution is 5.77. The quantitative estimate of drug-likeness (QED) is 0.652. The molecule has 0 fully saturated rings. The van der Waals surface area contributed by atoms with E-state index in [1.165, 1.54) is 25.3 Å². The maximum absolute atomic E-state index is 13.3. The number of nitrogens with one attached hydrogen (secondary N) is 2. The minimum Gasteiger partial charge on any atom is -0.375 e. The lowest BCUT2D eigenvalue weighted by atomic mass is 10.0. The number of hydrogen-bond acceptors (Lipinski definition) is 5. The molecule has 144 valence electrons. The third kappa shape index (κ3) is 5.08. The molecule has 0 spiro atoms. The van der Waals surface area contributed by atoms with Gasteiger partial charge in [-0.2, -0.15) is 0 Å². The van der Waals surface area contributed by atoms with Crippen LogP contribution in [0, 0.1) is 5.82 Å². The zero-order valence-electron chi connectivity index (χ0n) is 15.2. The van der Waals surface area contributed by atoms with E-state index in [0.29, 0.717) is 17.1 Å². The highest BCUT2D eigenvalue weighted by Gasteiger charge is 2.17. The third-order valence-electron chi connectivity index (χ3n) is 4.04. The molecule has 2 N–H and O–H groups in total. The topological polar surface area (TPSA) is 97.0 Å². The summed E-state index contributed by atoms with van der Waals surface area (Å²) >= 11 is 0. The number of pyridine rings is 1. The van der Waals surface area contributed by atoms with Gasteiger partial charge in [0.15, 0.2) is 0 Å². The van der Waals surface area contributed by atoms with E-state index in [2.05, 4.69) is 20.3 Å². The number of nitrogens with zero attached hydrogens (tertiary/aromatic N) is 2. The first-order valence-electron chi connectivity index (χ1n) is 8.59. The number of ether oxygens (including phenoxy) is 1. The van der Waals surface area contributed by atoms with Crippen LogP contribution in [-0.4, -0.2) is 34.6 Å². The molecule has 1 atom stereocenters. The molecule has 28 heavy (non-hydrogen) atoms. The Labute approximate surface area is 160 Å². The number of hydrogen-bond donors (Lipinski definition) is 2. The van der Waals surface area contributed by atoms with Gasteiger partial charge in [-0.05, 0) is 29.8 Å². The van der Waals surface area contributed by atoms with Gasteiger partial charge in [0, 0.05) is 37.6 Å². The van der Waals surface area contributed by atoms with Crippen molar-refractivity contribution in [2.75, 3.05) is 13.7 Å². The van der Waals surface area contributed by atoms with Crippen LogP contribution in [0.2, 0.25) is 0 Å². The fourth-order valence-electron chi connectivity index (χ4n) is 2.78. The molecule has 1 amide bonds. The molecular weight excluding hydrogens is 363 g/mol. The number of amides is 1. The Balaban J connectivity index is 1.91. The van der Waals surface area contributed by atoms with E-state index in [9.17, 15) is 14.0 Å². The number of carbonyl (C=O) groups excluding carboxylic acids is 1. The van der Waals surface area contributed by atoms with Gasteiger partial charge in [-0.3, -0.25) is 14.6 Å². The van der Waals surface area contributed by atoms with Crippen LogP contribution in [0.5, 0.6) is 0 Å². The fourth-order valence-corrected chi connectivity index (χ4v) is 2.78. The van der Waals surface area contributed by atoms with Crippen molar-refractivity contribution in [3.8, 4) is 11.4 Å². The van der Waals surface area contributed by atoms with Crippen molar-refractivity contribution in [2.45, 2.75) is 12.5 Å². The fraction of sp³-hybridized carbons (Fsp3) is 0.200. The summed E-state index contributed by atoms with van der Waals surface area (Å²) in [7, 11) is 1.42. The van der Waals surface area contributed by atoms with Gasteiger partial charge in [0.05, 0.1) is 11.7 Å². The first-order chi connectivity index (χ1) is 13.5. The first-order valence-corrected chi connectivity index (χ1v) is 8.59. The second-order valence-electron chi connectivity index (χ2n) is 6.13. The Bertz CT molecular complexity index is 990. The molecule has 3 rings (SSSR count). The average Bonchev–Trinajstić information content (AvgIpc) is 2.68. The summed E-state index contributed by atoms with van der Waals surface area (Å²) in [5.74, 6) is -0.290. The minimum absolute atomic E-state index is 0.108. The predicted octanol–water partition coefficient (Wildman–Crippen LogP) is 2.02. The van der Waals surface area contributed by atoms with E-state index in [1.54, 1.807) is 36.7 Å². The molecule has 0 saturated carbocycles. The largest absolute Gasteiger partial charge is 0.375 e. The monoisotopic (exact) mass is 382 g/mol. The summed E-state index contributed by atoms with van der Waals surface area (Å²) in [6, 6.07) is 10.2. The zero-order valence-corrected chi connectivity index (χ0v) is 15.2. The van der Waals surface area contributed by atoms with E-state index in [-0.39, 0.29) is 30.3 Å². The summed E-state index contributed by atoms with van der Waals surface area (Å²) in [6.07, 6.45) is 3.46. The Morgan fingerprint density at radius 3 is 2.61 bits per heavy atom. The Morgan fingerprint density at radius 2 is 1.93 bits per heavy atom. The normalized spacial score (nSPS) is 11.8. The van der Waals surface area contributed by atoms with Gasteiger partial charge in [-0.15, -0.1) is 0 Å². The lowest BCUT2D eigenvalue weighted by Crippen LogP contribution is -2.33. The maximum atomic E-state index is 13.3. The molecule has 0 saturated heterocycles.